The van der Waals surface area contributed by atoms with Gasteiger partial charge >= 0.3 is 0 Å². The molecule has 1 aromatic rings. The lowest BCUT2D eigenvalue weighted by Gasteiger charge is -2.35. The van der Waals surface area contributed by atoms with E-state index < -0.39 is 16.1 Å². The zero-order valence-corrected chi connectivity index (χ0v) is 15.4. The summed E-state index contributed by atoms with van der Waals surface area (Å²) in [5, 5.41) is 0.635. The van der Waals surface area contributed by atoms with Crippen molar-refractivity contribution in [3.8, 4) is 0 Å². The highest BCUT2D eigenvalue weighted by Crippen LogP contribution is 2.22. The maximum Gasteiger partial charge on any atom is 0.0693 e. The molecule has 0 saturated heterocycles. The Bertz CT molecular complexity index is 385. The summed E-state index contributed by atoms with van der Waals surface area (Å²) in [7, 11) is -2.38. The smallest absolute Gasteiger partial charge is 0.0693 e. The molecule has 0 unspecified atom stereocenters. The van der Waals surface area contributed by atoms with Gasteiger partial charge in [0.1, 0.15) is 0 Å². The molecule has 0 aliphatic heterocycles. The summed E-state index contributed by atoms with van der Waals surface area (Å²) in [4.78, 5) is 4.98. The number of rotatable bonds is 6. The molecule has 0 heterocycles. The van der Waals surface area contributed by atoms with E-state index in [4.69, 9.17) is 4.99 Å². The van der Waals surface area contributed by atoms with Crippen molar-refractivity contribution in [2.45, 2.75) is 57.4 Å². The van der Waals surface area contributed by atoms with Crippen LogP contribution in [0.15, 0.2) is 35.3 Å². The zero-order valence-electron chi connectivity index (χ0n) is 13.4. The molecule has 1 aromatic carbocycles. The quantitative estimate of drug-likeness (QED) is 0.526. The van der Waals surface area contributed by atoms with Gasteiger partial charge in [-0.25, -0.2) is 0 Å². The minimum atomic E-state index is -1.19. The number of aliphatic imine (C=N–C) groups is 1. The van der Waals surface area contributed by atoms with Crippen LogP contribution < -0.4 is 0 Å². The van der Waals surface area contributed by atoms with Crippen LogP contribution in [0.4, 0.5) is 0 Å². The normalized spacial score (nSPS) is 13.4. The summed E-state index contributed by atoms with van der Waals surface area (Å²) in [6, 6.07) is 10.7. The van der Waals surface area contributed by atoms with Gasteiger partial charge in [-0.1, -0.05) is 69.6 Å². The van der Waals surface area contributed by atoms with Gasteiger partial charge in [0.2, 0.25) is 0 Å². The average Bonchev–Trinajstić information content (AvgIpc) is 2.26. The van der Waals surface area contributed by atoms with Gasteiger partial charge in [0, 0.05) is 5.29 Å². The summed E-state index contributed by atoms with van der Waals surface area (Å²) in [5.41, 5.74) is 1.41. The number of benzene rings is 1. The molecule has 0 N–H and O–H groups in total. The van der Waals surface area contributed by atoms with Gasteiger partial charge in [-0.3, -0.25) is 0 Å². The fourth-order valence-electron chi connectivity index (χ4n) is 2.80. The maximum absolute atomic E-state index is 4.98. The zero-order chi connectivity index (χ0) is 14.5. The van der Waals surface area contributed by atoms with Gasteiger partial charge in [-0.05, 0) is 24.6 Å². The van der Waals surface area contributed by atoms with Crippen LogP contribution in [-0.4, -0.2) is 27.7 Å². The molecule has 0 aliphatic carbocycles. The molecule has 0 aliphatic rings. The van der Waals surface area contributed by atoms with Crippen molar-refractivity contribution in [2.75, 3.05) is 0 Å². The lowest BCUT2D eigenvalue weighted by Crippen LogP contribution is -2.52. The third-order valence-corrected chi connectivity index (χ3v) is 12.1. The summed E-state index contributed by atoms with van der Waals surface area (Å²) in [5.74, 6) is 0. The van der Waals surface area contributed by atoms with Crippen molar-refractivity contribution in [1.82, 2.24) is 0 Å². The molecule has 3 heteroatoms. The van der Waals surface area contributed by atoms with Crippen LogP contribution in [0, 0.1) is 0 Å². The largest absolute Gasteiger partial charge is 0.301 e. The highest BCUT2D eigenvalue weighted by molar-refractivity contribution is 6.96. The summed E-state index contributed by atoms with van der Waals surface area (Å²) < 4.78 is 0. The van der Waals surface area contributed by atoms with Crippen molar-refractivity contribution in [3.05, 3.63) is 35.9 Å². The second kappa shape index (κ2) is 6.66. The predicted octanol–water partition coefficient (Wildman–Crippen LogP) is 4.81. The van der Waals surface area contributed by atoms with Crippen LogP contribution in [-0.2, 0) is 6.42 Å². The van der Waals surface area contributed by atoms with Gasteiger partial charge < -0.3 is 4.99 Å². The van der Waals surface area contributed by atoms with Crippen molar-refractivity contribution in [3.63, 3.8) is 0 Å². The Morgan fingerprint density at radius 1 is 0.947 bits per heavy atom. The molecule has 1 rings (SSSR count). The van der Waals surface area contributed by atoms with E-state index in [0.29, 0.717) is 5.29 Å². The summed E-state index contributed by atoms with van der Waals surface area (Å²) in [6.45, 7) is 14.7. The molecule has 19 heavy (non-hydrogen) atoms. The highest BCUT2D eigenvalue weighted by Gasteiger charge is 2.36. The number of hydrogen-bond acceptors (Lipinski definition) is 1. The molecule has 0 amide bonds. The van der Waals surface area contributed by atoms with Gasteiger partial charge in [-0.15, -0.1) is 0 Å². The molecule has 0 aromatic heterocycles. The minimum absolute atomic E-state index is 0.635. The fraction of sp³-hybridized carbons (Fsp3) is 0.562. The van der Waals surface area contributed by atoms with Crippen LogP contribution in [0.3, 0.4) is 0 Å². The SMILES string of the molecule is C[Si](C)(C)C(/N=C/CCc1ccccc1)[Si](C)(C)C. The van der Waals surface area contributed by atoms with Gasteiger partial charge in [0.15, 0.2) is 0 Å². The fourth-order valence-corrected chi connectivity index (χ4v) is 14.3. The summed E-state index contributed by atoms with van der Waals surface area (Å²) in [6.07, 6.45) is 4.36. The maximum atomic E-state index is 4.98. The second-order valence-electron chi connectivity index (χ2n) is 7.49. The lowest BCUT2D eigenvalue weighted by atomic mass is 10.1. The first-order valence-corrected chi connectivity index (χ1v) is 14.4. The Labute approximate surface area is 121 Å². The average molecular weight is 292 g/mol. The van der Waals surface area contributed by atoms with E-state index in [2.05, 4.69) is 75.8 Å². The van der Waals surface area contributed by atoms with Gasteiger partial charge in [0.05, 0.1) is 16.1 Å². The second-order valence-corrected chi connectivity index (χ2v) is 18.6. The third-order valence-electron chi connectivity index (χ3n) is 3.30. The first-order chi connectivity index (χ1) is 8.71. The van der Waals surface area contributed by atoms with E-state index in [1.165, 1.54) is 5.56 Å². The van der Waals surface area contributed by atoms with E-state index in [1.807, 2.05) is 0 Å². The topological polar surface area (TPSA) is 12.4 Å². The first-order valence-electron chi connectivity index (χ1n) is 7.27. The lowest BCUT2D eigenvalue weighted by molar-refractivity contribution is 1.03. The molecular weight excluding hydrogens is 262 g/mol. The number of aryl methyl sites for hydroxylation is 1. The Kier molecular flexibility index (Phi) is 5.74. The number of nitrogens with zero attached hydrogens (tertiary/aromatic N) is 1. The molecular formula is C16H29NSi2. The van der Waals surface area contributed by atoms with E-state index in [1.54, 1.807) is 0 Å². The Hall–Kier alpha value is -0.676. The third kappa shape index (κ3) is 5.87. The van der Waals surface area contributed by atoms with E-state index in [-0.39, 0.29) is 0 Å². The van der Waals surface area contributed by atoms with Crippen molar-refractivity contribution < 1.29 is 0 Å². The monoisotopic (exact) mass is 291 g/mol. The van der Waals surface area contributed by atoms with Gasteiger partial charge in [0.25, 0.3) is 0 Å². The van der Waals surface area contributed by atoms with Crippen LogP contribution in [0.2, 0.25) is 39.3 Å². The standard InChI is InChI=1S/C16H29NSi2/c1-18(2,3)16(19(4,5)6)17-14-10-13-15-11-8-7-9-12-15/h7-9,11-12,14,16H,10,13H2,1-6H3/b17-14+. The Morgan fingerprint density at radius 2 is 1.47 bits per heavy atom. The molecule has 0 spiro atoms. The summed E-state index contributed by atoms with van der Waals surface area (Å²) >= 11 is 0. The molecule has 0 atom stereocenters. The predicted molar refractivity (Wildman–Crippen MR) is 93.7 cm³/mol. The van der Waals surface area contributed by atoms with Gasteiger partial charge in [-0.2, -0.15) is 0 Å². The first kappa shape index (κ1) is 16.4. The van der Waals surface area contributed by atoms with Crippen LogP contribution in [0.25, 0.3) is 0 Å². The number of hydrogen-bond donors (Lipinski definition) is 0. The van der Waals surface area contributed by atoms with Crippen molar-refractivity contribution in [1.29, 1.82) is 0 Å². The molecule has 0 bridgehead atoms. The van der Waals surface area contributed by atoms with Crippen molar-refractivity contribution >= 4 is 22.4 Å². The van der Waals surface area contributed by atoms with Crippen LogP contribution in [0.5, 0.6) is 0 Å². The Balaban J connectivity index is 2.59. The Morgan fingerprint density at radius 3 is 1.95 bits per heavy atom. The van der Waals surface area contributed by atoms with Crippen LogP contribution in [0.1, 0.15) is 12.0 Å². The van der Waals surface area contributed by atoms with E-state index in [9.17, 15) is 0 Å². The molecule has 106 valence electrons. The van der Waals surface area contributed by atoms with E-state index >= 15 is 0 Å². The molecule has 0 radical (unpaired) electrons. The van der Waals surface area contributed by atoms with Crippen LogP contribution >= 0.6 is 0 Å². The van der Waals surface area contributed by atoms with E-state index in [0.717, 1.165) is 12.8 Å². The molecule has 1 nitrogen and oxygen atoms in total. The van der Waals surface area contributed by atoms with Crippen molar-refractivity contribution in [2.24, 2.45) is 4.99 Å². The molecule has 0 saturated carbocycles. The molecule has 0 fully saturated rings. The minimum Gasteiger partial charge on any atom is -0.301 e. The highest BCUT2D eigenvalue weighted by atomic mass is 28.4.